The average Bonchev–Trinajstić information content (AvgIpc) is 2.73. The van der Waals surface area contributed by atoms with Crippen LogP contribution in [0.1, 0.15) is 10.8 Å². The minimum Gasteiger partial charge on any atom is -0.347 e. The number of hydrogen-bond acceptors (Lipinski definition) is 4. The molecule has 1 aromatic rings. The quantitative estimate of drug-likeness (QED) is 0.739. The molecule has 1 atom stereocenters. The highest BCUT2D eigenvalue weighted by Crippen LogP contribution is 2.38. The Morgan fingerprint density at radius 3 is 2.88 bits per heavy atom. The van der Waals surface area contributed by atoms with Crippen molar-refractivity contribution in [1.29, 1.82) is 0 Å². The van der Waals surface area contributed by atoms with Gasteiger partial charge in [-0.25, -0.2) is 0 Å². The van der Waals surface area contributed by atoms with Crippen LogP contribution >= 0.6 is 11.8 Å². The van der Waals surface area contributed by atoms with Crippen LogP contribution in [0.15, 0.2) is 35.4 Å². The SMILES string of the molecule is CN1CCN2CC(c3ccccc3)SC2=N1. The standard InChI is InChI=1S/C12H15N3S/c1-14-7-8-15-9-11(16-12(15)13-14)10-5-3-2-4-6-10/h2-6,11H,7-9H2,1H3. The van der Waals surface area contributed by atoms with E-state index < -0.39 is 0 Å². The number of amidine groups is 1. The Morgan fingerprint density at radius 2 is 2.06 bits per heavy atom. The number of fused-ring (bicyclic) bond motifs is 1. The first-order valence-corrected chi connectivity index (χ1v) is 6.47. The van der Waals surface area contributed by atoms with E-state index >= 15 is 0 Å². The second-order valence-electron chi connectivity index (χ2n) is 4.23. The van der Waals surface area contributed by atoms with Crippen LogP contribution in [-0.2, 0) is 0 Å². The fourth-order valence-corrected chi connectivity index (χ4v) is 3.40. The van der Waals surface area contributed by atoms with Gasteiger partial charge in [0, 0.05) is 20.1 Å². The Labute approximate surface area is 100 Å². The molecule has 0 aromatic heterocycles. The molecule has 0 radical (unpaired) electrons. The third-order valence-corrected chi connectivity index (χ3v) is 4.28. The number of thioether (sulfide) groups is 1. The maximum atomic E-state index is 4.56. The molecule has 1 unspecified atom stereocenters. The molecule has 1 saturated heterocycles. The molecule has 0 amide bonds. The summed E-state index contributed by atoms with van der Waals surface area (Å²) in [6, 6.07) is 10.7. The van der Waals surface area contributed by atoms with Gasteiger partial charge in [0.15, 0.2) is 5.17 Å². The van der Waals surface area contributed by atoms with Crippen molar-refractivity contribution < 1.29 is 0 Å². The van der Waals surface area contributed by atoms with E-state index in [9.17, 15) is 0 Å². The van der Waals surface area contributed by atoms with Crippen molar-refractivity contribution in [2.75, 3.05) is 26.7 Å². The summed E-state index contributed by atoms with van der Waals surface area (Å²) in [5, 5.41) is 8.32. The fourth-order valence-electron chi connectivity index (χ4n) is 2.09. The van der Waals surface area contributed by atoms with Crippen LogP contribution < -0.4 is 0 Å². The molecule has 0 aliphatic carbocycles. The van der Waals surface area contributed by atoms with Gasteiger partial charge in [0.2, 0.25) is 0 Å². The molecule has 0 bridgehead atoms. The van der Waals surface area contributed by atoms with Gasteiger partial charge in [-0.05, 0) is 5.56 Å². The molecule has 0 saturated carbocycles. The lowest BCUT2D eigenvalue weighted by Crippen LogP contribution is -2.38. The molecule has 2 aliphatic rings. The molecule has 16 heavy (non-hydrogen) atoms. The third kappa shape index (κ3) is 1.78. The zero-order valence-electron chi connectivity index (χ0n) is 9.34. The van der Waals surface area contributed by atoms with E-state index in [4.69, 9.17) is 0 Å². The van der Waals surface area contributed by atoms with Crippen molar-refractivity contribution in [3.05, 3.63) is 35.9 Å². The van der Waals surface area contributed by atoms with Crippen molar-refractivity contribution in [2.45, 2.75) is 5.25 Å². The Balaban J connectivity index is 1.81. The Bertz CT molecular complexity index is 404. The summed E-state index contributed by atoms with van der Waals surface area (Å²) < 4.78 is 0. The van der Waals surface area contributed by atoms with Crippen LogP contribution in [0.25, 0.3) is 0 Å². The summed E-state index contributed by atoms with van der Waals surface area (Å²) in [4.78, 5) is 2.39. The minimum atomic E-state index is 0.548. The zero-order valence-corrected chi connectivity index (χ0v) is 10.2. The molecular formula is C12H15N3S. The lowest BCUT2D eigenvalue weighted by molar-refractivity contribution is 0.271. The summed E-state index contributed by atoms with van der Waals surface area (Å²) in [5.41, 5.74) is 1.41. The smallest absolute Gasteiger partial charge is 0.183 e. The molecule has 4 heteroatoms. The summed E-state index contributed by atoms with van der Waals surface area (Å²) in [5.74, 6) is 0. The van der Waals surface area contributed by atoms with Gasteiger partial charge in [-0.2, -0.15) is 5.10 Å². The van der Waals surface area contributed by atoms with Crippen LogP contribution in [0.3, 0.4) is 0 Å². The largest absolute Gasteiger partial charge is 0.347 e. The van der Waals surface area contributed by atoms with Crippen molar-refractivity contribution in [3.8, 4) is 0 Å². The number of likely N-dealkylation sites (N-methyl/N-ethyl adjacent to an activating group) is 1. The van der Waals surface area contributed by atoms with E-state index in [0.29, 0.717) is 5.25 Å². The predicted molar refractivity (Wildman–Crippen MR) is 68.4 cm³/mol. The average molecular weight is 233 g/mol. The van der Waals surface area contributed by atoms with Crippen LogP contribution in [0.2, 0.25) is 0 Å². The van der Waals surface area contributed by atoms with Gasteiger partial charge in [-0.15, -0.1) is 0 Å². The Morgan fingerprint density at radius 1 is 1.25 bits per heavy atom. The van der Waals surface area contributed by atoms with Gasteiger partial charge in [0.25, 0.3) is 0 Å². The van der Waals surface area contributed by atoms with E-state index in [1.165, 1.54) is 10.7 Å². The minimum absolute atomic E-state index is 0.548. The first kappa shape index (κ1) is 10.0. The van der Waals surface area contributed by atoms with Gasteiger partial charge in [0.05, 0.1) is 11.8 Å². The predicted octanol–water partition coefficient (Wildman–Crippen LogP) is 1.99. The van der Waals surface area contributed by atoms with E-state index in [2.05, 4.69) is 40.3 Å². The topological polar surface area (TPSA) is 18.8 Å². The molecule has 0 N–H and O–H groups in total. The van der Waals surface area contributed by atoms with Crippen molar-refractivity contribution >= 4 is 16.9 Å². The molecule has 1 aromatic carbocycles. The first-order chi connectivity index (χ1) is 7.83. The molecule has 2 aliphatic heterocycles. The van der Waals surface area contributed by atoms with E-state index in [1.807, 2.05) is 23.8 Å². The normalized spacial score (nSPS) is 24.3. The lowest BCUT2D eigenvalue weighted by atomic mass is 10.1. The van der Waals surface area contributed by atoms with Gasteiger partial charge >= 0.3 is 0 Å². The van der Waals surface area contributed by atoms with Gasteiger partial charge in [-0.3, -0.25) is 5.01 Å². The van der Waals surface area contributed by atoms with Crippen LogP contribution in [0.4, 0.5) is 0 Å². The maximum absolute atomic E-state index is 4.56. The summed E-state index contributed by atoms with van der Waals surface area (Å²) >= 11 is 1.89. The van der Waals surface area contributed by atoms with Gasteiger partial charge < -0.3 is 4.90 Å². The fraction of sp³-hybridized carbons (Fsp3) is 0.417. The summed E-state index contributed by atoms with van der Waals surface area (Å²) in [6.45, 7) is 3.23. The number of nitrogens with zero attached hydrogens (tertiary/aromatic N) is 3. The molecule has 0 spiro atoms. The van der Waals surface area contributed by atoms with E-state index in [1.54, 1.807) is 0 Å². The van der Waals surface area contributed by atoms with Crippen LogP contribution in [0, 0.1) is 0 Å². The summed E-state index contributed by atoms with van der Waals surface area (Å²) in [6.07, 6.45) is 0. The van der Waals surface area contributed by atoms with Crippen molar-refractivity contribution in [3.63, 3.8) is 0 Å². The highest BCUT2D eigenvalue weighted by atomic mass is 32.2. The van der Waals surface area contributed by atoms with Gasteiger partial charge in [0.1, 0.15) is 0 Å². The van der Waals surface area contributed by atoms with Gasteiger partial charge in [-0.1, -0.05) is 42.1 Å². The molecule has 1 fully saturated rings. The van der Waals surface area contributed by atoms with Crippen molar-refractivity contribution in [1.82, 2.24) is 9.91 Å². The number of hydrogen-bond donors (Lipinski definition) is 0. The molecule has 2 heterocycles. The first-order valence-electron chi connectivity index (χ1n) is 5.59. The van der Waals surface area contributed by atoms with Crippen LogP contribution in [0.5, 0.6) is 0 Å². The number of hydrazone groups is 1. The number of benzene rings is 1. The Hall–Kier alpha value is -1.16. The molecule has 84 valence electrons. The second kappa shape index (κ2) is 4.01. The molecular weight excluding hydrogens is 218 g/mol. The summed E-state index contributed by atoms with van der Waals surface area (Å²) in [7, 11) is 2.04. The second-order valence-corrected chi connectivity index (χ2v) is 5.40. The monoisotopic (exact) mass is 233 g/mol. The van der Waals surface area contributed by atoms with E-state index in [0.717, 1.165) is 19.6 Å². The van der Waals surface area contributed by atoms with E-state index in [-0.39, 0.29) is 0 Å². The zero-order chi connectivity index (χ0) is 11.0. The highest BCUT2D eigenvalue weighted by Gasteiger charge is 2.32. The highest BCUT2D eigenvalue weighted by molar-refractivity contribution is 8.14. The maximum Gasteiger partial charge on any atom is 0.183 e. The van der Waals surface area contributed by atoms with Crippen LogP contribution in [-0.4, -0.2) is 41.8 Å². The molecule has 3 nitrogen and oxygen atoms in total. The lowest BCUT2D eigenvalue weighted by Gasteiger charge is -2.27. The number of rotatable bonds is 1. The molecule has 3 rings (SSSR count). The van der Waals surface area contributed by atoms with Crippen molar-refractivity contribution in [2.24, 2.45) is 5.10 Å². The Kier molecular flexibility index (Phi) is 2.52. The third-order valence-electron chi connectivity index (χ3n) is 3.03.